The van der Waals surface area contributed by atoms with Crippen molar-refractivity contribution in [2.24, 2.45) is 0 Å². The van der Waals surface area contributed by atoms with Gasteiger partial charge in [-0.05, 0) is 12.0 Å². The van der Waals surface area contributed by atoms with E-state index in [1.165, 1.54) is 5.56 Å². The van der Waals surface area contributed by atoms with Gasteiger partial charge >= 0.3 is 0 Å². The molecule has 0 saturated heterocycles. The van der Waals surface area contributed by atoms with E-state index in [9.17, 15) is 4.79 Å². The van der Waals surface area contributed by atoms with Crippen molar-refractivity contribution in [1.82, 2.24) is 0 Å². The van der Waals surface area contributed by atoms with Crippen molar-refractivity contribution in [3.8, 4) is 0 Å². The normalized spacial score (nSPS) is 12.8. The number of carbonyl (C=O) groups excluding carboxylic acids is 1. The van der Waals surface area contributed by atoms with Crippen molar-refractivity contribution in [2.75, 3.05) is 0 Å². The highest BCUT2D eigenvalue weighted by atomic mass is 16.4. The third-order valence-electron chi connectivity index (χ3n) is 1.94. The lowest BCUT2D eigenvalue weighted by Crippen LogP contribution is -1.88. The van der Waals surface area contributed by atoms with Crippen LogP contribution in [0.3, 0.4) is 0 Å². The van der Waals surface area contributed by atoms with Crippen molar-refractivity contribution in [1.29, 1.82) is 0 Å². The van der Waals surface area contributed by atoms with Crippen molar-refractivity contribution in [3.05, 3.63) is 35.4 Å². The number of carboxylic acid groups (broad SMARTS) is 1. The molecule has 0 amide bonds. The Kier molecular flexibility index (Phi) is 3.40. The van der Waals surface area contributed by atoms with Gasteiger partial charge in [-0.25, -0.2) is 0 Å². The van der Waals surface area contributed by atoms with Gasteiger partial charge in [-0.2, -0.15) is 0 Å². The molecular weight excluding hydrogens is 180 g/mol. The zero-order valence-electron chi connectivity index (χ0n) is 7.99. The summed E-state index contributed by atoms with van der Waals surface area (Å²) < 4.78 is 0. The molecule has 0 bridgehead atoms. The van der Waals surface area contributed by atoms with Gasteiger partial charge in [0.15, 0.2) is 5.78 Å². The van der Waals surface area contributed by atoms with Crippen LogP contribution in [-0.2, 0) is 11.2 Å². The summed E-state index contributed by atoms with van der Waals surface area (Å²) in [6, 6.07) is 7.84. The summed E-state index contributed by atoms with van der Waals surface area (Å²) in [5.74, 6) is -0.532. The molecule has 0 aromatic heterocycles. The molecule has 0 saturated carbocycles. The molecule has 1 aliphatic carbocycles. The topological polar surface area (TPSA) is 54.4 Å². The van der Waals surface area contributed by atoms with Crippen LogP contribution in [0.4, 0.5) is 0 Å². The molecule has 1 N–H and O–H groups in total. The number of benzene rings is 1. The van der Waals surface area contributed by atoms with E-state index < -0.39 is 5.97 Å². The van der Waals surface area contributed by atoms with E-state index in [4.69, 9.17) is 9.90 Å². The Bertz CT molecular complexity index is 351. The molecule has 3 heteroatoms. The molecule has 0 radical (unpaired) electrons. The highest BCUT2D eigenvalue weighted by molar-refractivity contribution is 6.00. The number of rotatable bonds is 0. The van der Waals surface area contributed by atoms with Gasteiger partial charge in [0.05, 0.1) is 0 Å². The maximum absolute atomic E-state index is 11.1. The van der Waals surface area contributed by atoms with Gasteiger partial charge in [-0.3, -0.25) is 9.59 Å². The number of hydrogen-bond acceptors (Lipinski definition) is 2. The Morgan fingerprint density at radius 3 is 2.43 bits per heavy atom. The van der Waals surface area contributed by atoms with Gasteiger partial charge in [-0.1, -0.05) is 24.3 Å². The second-order valence-electron chi connectivity index (χ2n) is 3.10. The lowest BCUT2D eigenvalue weighted by Gasteiger charge is -1.92. The number of aryl methyl sites for hydroxylation is 1. The Labute approximate surface area is 82.4 Å². The van der Waals surface area contributed by atoms with Crippen molar-refractivity contribution >= 4 is 11.8 Å². The maximum Gasteiger partial charge on any atom is 0.300 e. The molecule has 1 aromatic rings. The molecule has 74 valence electrons. The predicted octanol–water partition coefficient (Wildman–Crippen LogP) is 1.91. The molecule has 0 spiro atoms. The molecule has 0 fully saturated rings. The minimum atomic E-state index is -0.833. The first-order valence-electron chi connectivity index (χ1n) is 4.42. The molecule has 2 rings (SSSR count). The Hall–Kier alpha value is -1.64. The minimum Gasteiger partial charge on any atom is -0.481 e. The molecule has 0 aliphatic heterocycles. The van der Waals surface area contributed by atoms with Crippen molar-refractivity contribution in [3.63, 3.8) is 0 Å². The summed E-state index contributed by atoms with van der Waals surface area (Å²) in [5, 5.41) is 7.42. The van der Waals surface area contributed by atoms with E-state index >= 15 is 0 Å². The van der Waals surface area contributed by atoms with Crippen LogP contribution in [0.25, 0.3) is 0 Å². The third-order valence-corrected chi connectivity index (χ3v) is 1.94. The van der Waals surface area contributed by atoms with Crippen LogP contribution < -0.4 is 0 Å². The molecule has 1 aliphatic rings. The van der Waals surface area contributed by atoms with Crippen LogP contribution in [0.5, 0.6) is 0 Å². The summed E-state index contributed by atoms with van der Waals surface area (Å²) >= 11 is 0. The van der Waals surface area contributed by atoms with E-state index in [1.54, 1.807) is 0 Å². The average Bonchev–Trinajstić information content (AvgIpc) is 2.48. The summed E-state index contributed by atoms with van der Waals surface area (Å²) in [4.78, 5) is 20.1. The van der Waals surface area contributed by atoms with Crippen LogP contribution in [0.2, 0.25) is 0 Å². The van der Waals surface area contributed by atoms with Crippen LogP contribution >= 0.6 is 0 Å². The zero-order chi connectivity index (χ0) is 10.6. The maximum atomic E-state index is 11.1. The highest BCUT2D eigenvalue weighted by Crippen LogP contribution is 2.20. The number of fused-ring (bicyclic) bond motifs is 1. The van der Waals surface area contributed by atoms with E-state index in [0.29, 0.717) is 12.2 Å². The van der Waals surface area contributed by atoms with E-state index in [2.05, 4.69) is 0 Å². The van der Waals surface area contributed by atoms with E-state index in [-0.39, 0.29) is 0 Å². The summed E-state index contributed by atoms with van der Waals surface area (Å²) in [5.41, 5.74) is 2.15. The van der Waals surface area contributed by atoms with Gasteiger partial charge in [0.2, 0.25) is 0 Å². The third kappa shape index (κ3) is 2.69. The Balaban J connectivity index is 0.000000213. The summed E-state index contributed by atoms with van der Waals surface area (Å²) in [6.45, 7) is 1.08. The fourth-order valence-electron chi connectivity index (χ4n) is 1.39. The summed E-state index contributed by atoms with van der Waals surface area (Å²) in [7, 11) is 0. The molecule has 1 aromatic carbocycles. The predicted molar refractivity (Wildman–Crippen MR) is 52.4 cm³/mol. The van der Waals surface area contributed by atoms with Gasteiger partial charge < -0.3 is 5.11 Å². The van der Waals surface area contributed by atoms with Gasteiger partial charge in [-0.15, -0.1) is 0 Å². The minimum absolute atomic E-state index is 0.301. The Morgan fingerprint density at radius 1 is 1.29 bits per heavy atom. The largest absolute Gasteiger partial charge is 0.481 e. The van der Waals surface area contributed by atoms with Crippen LogP contribution in [0.1, 0.15) is 29.3 Å². The van der Waals surface area contributed by atoms with Crippen molar-refractivity contribution < 1.29 is 14.7 Å². The standard InChI is InChI=1S/C9H8O.C2H4O2/c10-9-6-5-7-3-1-2-4-8(7)9;1-2(3)4/h1-4H,5-6H2;1H3,(H,3,4). The van der Waals surface area contributed by atoms with E-state index in [1.807, 2.05) is 24.3 Å². The smallest absolute Gasteiger partial charge is 0.300 e. The first kappa shape index (κ1) is 10.4. The molecule has 14 heavy (non-hydrogen) atoms. The monoisotopic (exact) mass is 192 g/mol. The number of hydrogen-bond donors (Lipinski definition) is 1. The number of ketones is 1. The molecule has 0 heterocycles. The average molecular weight is 192 g/mol. The number of carboxylic acids is 1. The summed E-state index contributed by atoms with van der Waals surface area (Å²) in [6.07, 6.45) is 1.65. The highest BCUT2D eigenvalue weighted by Gasteiger charge is 2.17. The molecule has 3 nitrogen and oxygen atoms in total. The van der Waals surface area contributed by atoms with Crippen LogP contribution in [0.15, 0.2) is 24.3 Å². The second-order valence-corrected chi connectivity index (χ2v) is 3.10. The van der Waals surface area contributed by atoms with E-state index in [0.717, 1.165) is 18.9 Å². The molecule has 0 unspecified atom stereocenters. The molecular formula is C11H12O3. The first-order valence-corrected chi connectivity index (χ1v) is 4.42. The quantitative estimate of drug-likeness (QED) is 0.683. The lowest BCUT2D eigenvalue weighted by molar-refractivity contribution is -0.134. The number of aliphatic carboxylic acids is 1. The van der Waals surface area contributed by atoms with Crippen LogP contribution in [-0.4, -0.2) is 16.9 Å². The zero-order valence-corrected chi connectivity index (χ0v) is 7.99. The SMILES string of the molecule is CC(=O)O.O=C1CCc2ccccc21. The van der Waals surface area contributed by atoms with Gasteiger partial charge in [0.25, 0.3) is 5.97 Å². The second kappa shape index (κ2) is 4.56. The number of carbonyl (C=O) groups is 2. The fourth-order valence-corrected chi connectivity index (χ4v) is 1.39. The fraction of sp³-hybridized carbons (Fsp3) is 0.273. The van der Waals surface area contributed by atoms with Crippen LogP contribution in [0, 0.1) is 0 Å². The Morgan fingerprint density at radius 2 is 1.86 bits per heavy atom. The number of Topliss-reactive ketones (excluding diaryl/α,β-unsaturated/α-hetero) is 1. The molecule has 0 atom stereocenters. The van der Waals surface area contributed by atoms with Crippen molar-refractivity contribution in [2.45, 2.75) is 19.8 Å². The first-order chi connectivity index (χ1) is 6.61. The lowest BCUT2D eigenvalue weighted by atomic mass is 10.1. The van der Waals surface area contributed by atoms with Gasteiger partial charge in [0.1, 0.15) is 0 Å². The van der Waals surface area contributed by atoms with Gasteiger partial charge in [0, 0.05) is 18.9 Å².